The van der Waals surface area contributed by atoms with Crippen molar-refractivity contribution in [3.8, 4) is 6.07 Å². The van der Waals surface area contributed by atoms with Crippen LogP contribution in [0.15, 0.2) is 18.2 Å². The molecule has 110 valence electrons. The van der Waals surface area contributed by atoms with Crippen LogP contribution in [0.1, 0.15) is 53.8 Å². The summed E-state index contributed by atoms with van der Waals surface area (Å²) in [6, 6.07) is 7.18. The number of amides is 2. The summed E-state index contributed by atoms with van der Waals surface area (Å²) in [6.45, 7) is 4.14. The molecule has 5 heteroatoms. The maximum absolute atomic E-state index is 12.2. The van der Waals surface area contributed by atoms with Crippen LogP contribution in [-0.2, 0) is 0 Å². The van der Waals surface area contributed by atoms with Gasteiger partial charge in [0.15, 0.2) is 0 Å². The minimum absolute atomic E-state index is 0.276. The van der Waals surface area contributed by atoms with E-state index < -0.39 is 0 Å². The molecule has 0 spiro atoms. The number of imide groups is 1. The van der Waals surface area contributed by atoms with Crippen molar-refractivity contribution < 1.29 is 9.59 Å². The summed E-state index contributed by atoms with van der Waals surface area (Å²) in [5.74, 6) is -0.588. The van der Waals surface area contributed by atoms with E-state index in [0.29, 0.717) is 29.8 Å². The van der Waals surface area contributed by atoms with Gasteiger partial charge in [-0.3, -0.25) is 14.5 Å². The number of carbonyl (C=O) groups excluding carboxylic acids is 2. The van der Waals surface area contributed by atoms with Crippen LogP contribution in [0.2, 0.25) is 0 Å². The molecule has 0 atom stereocenters. The molecular formula is C16H19N3O2. The fraction of sp³-hybridized carbons (Fsp3) is 0.438. The summed E-state index contributed by atoms with van der Waals surface area (Å²) in [7, 11) is 0. The average Bonchev–Trinajstić information content (AvgIpc) is 2.69. The molecule has 5 nitrogen and oxygen atoms in total. The zero-order chi connectivity index (χ0) is 15.6. The minimum Gasteiger partial charge on any atom is -0.398 e. The Morgan fingerprint density at radius 1 is 1.24 bits per heavy atom. The normalized spacial score (nSPS) is 14.2. The van der Waals surface area contributed by atoms with Crippen molar-refractivity contribution in [3.63, 3.8) is 0 Å². The van der Waals surface area contributed by atoms with Crippen LogP contribution in [0.5, 0.6) is 0 Å². The minimum atomic E-state index is -0.369. The Hall–Kier alpha value is -2.35. The van der Waals surface area contributed by atoms with Gasteiger partial charge < -0.3 is 5.73 Å². The van der Waals surface area contributed by atoms with Crippen LogP contribution in [0.4, 0.5) is 5.69 Å². The Morgan fingerprint density at radius 2 is 1.95 bits per heavy atom. The first kappa shape index (κ1) is 15.0. The molecule has 0 aliphatic carbocycles. The van der Waals surface area contributed by atoms with E-state index in [1.54, 1.807) is 18.2 Å². The third kappa shape index (κ3) is 2.89. The second-order valence-corrected chi connectivity index (χ2v) is 5.98. The molecule has 0 radical (unpaired) electrons. The van der Waals surface area contributed by atoms with Gasteiger partial charge >= 0.3 is 0 Å². The molecule has 1 aromatic rings. The predicted octanol–water partition coefficient (Wildman–Crippen LogP) is 2.58. The zero-order valence-corrected chi connectivity index (χ0v) is 12.3. The predicted molar refractivity (Wildman–Crippen MR) is 79.5 cm³/mol. The lowest BCUT2D eigenvalue weighted by Gasteiger charge is -2.17. The lowest BCUT2D eigenvalue weighted by Crippen LogP contribution is -2.31. The molecule has 21 heavy (non-hydrogen) atoms. The Kier molecular flexibility index (Phi) is 3.99. The highest BCUT2D eigenvalue weighted by Crippen LogP contribution is 2.28. The number of anilines is 1. The van der Waals surface area contributed by atoms with Gasteiger partial charge in [0.25, 0.3) is 11.8 Å². The molecule has 0 saturated heterocycles. The number of unbranched alkanes of at least 4 members (excludes halogenated alkanes) is 1. The number of hydrogen-bond donors (Lipinski definition) is 1. The smallest absolute Gasteiger partial charge is 0.263 e. The quantitative estimate of drug-likeness (QED) is 0.511. The Bertz CT molecular complexity index is 629. The van der Waals surface area contributed by atoms with E-state index in [4.69, 9.17) is 11.0 Å². The van der Waals surface area contributed by atoms with Crippen LogP contribution in [0, 0.1) is 16.7 Å². The molecule has 1 aromatic carbocycles. The van der Waals surface area contributed by atoms with E-state index >= 15 is 0 Å². The van der Waals surface area contributed by atoms with E-state index in [2.05, 4.69) is 6.07 Å². The molecule has 2 rings (SSSR count). The highest BCUT2D eigenvalue weighted by Gasteiger charge is 2.36. The van der Waals surface area contributed by atoms with Crippen LogP contribution in [0.25, 0.3) is 0 Å². The first-order valence-corrected chi connectivity index (χ1v) is 7.03. The number of nitrogens with zero attached hydrogens (tertiary/aromatic N) is 2. The summed E-state index contributed by atoms with van der Waals surface area (Å²) in [4.78, 5) is 25.7. The van der Waals surface area contributed by atoms with Gasteiger partial charge in [-0.15, -0.1) is 0 Å². The van der Waals surface area contributed by atoms with E-state index in [9.17, 15) is 9.59 Å². The van der Waals surface area contributed by atoms with Crippen molar-refractivity contribution >= 4 is 17.5 Å². The van der Waals surface area contributed by atoms with Crippen LogP contribution < -0.4 is 5.73 Å². The number of fused-ring (bicyclic) bond motifs is 1. The van der Waals surface area contributed by atoms with Gasteiger partial charge in [-0.1, -0.05) is 12.5 Å². The highest BCUT2D eigenvalue weighted by atomic mass is 16.2. The number of rotatable bonds is 5. The Balaban J connectivity index is 1.99. The first-order chi connectivity index (χ1) is 9.87. The van der Waals surface area contributed by atoms with Crippen LogP contribution in [-0.4, -0.2) is 23.3 Å². The van der Waals surface area contributed by atoms with Crippen molar-refractivity contribution in [3.05, 3.63) is 29.3 Å². The maximum atomic E-state index is 12.2. The number of carbonyl (C=O) groups is 2. The van der Waals surface area contributed by atoms with Crippen molar-refractivity contribution in [1.29, 1.82) is 5.26 Å². The summed E-state index contributed by atoms with van der Waals surface area (Å²) in [5.41, 5.74) is 6.46. The number of nitriles is 1. The first-order valence-electron chi connectivity index (χ1n) is 7.03. The van der Waals surface area contributed by atoms with Gasteiger partial charge in [0.2, 0.25) is 0 Å². The van der Waals surface area contributed by atoms with Crippen molar-refractivity contribution in [1.82, 2.24) is 4.90 Å². The van der Waals surface area contributed by atoms with Gasteiger partial charge in [0.05, 0.1) is 22.6 Å². The topological polar surface area (TPSA) is 87.2 Å². The summed E-state index contributed by atoms with van der Waals surface area (Å²) >= 11 is 0. The summed E-state index contributed by atoms with van der Waals surface area (Å²) < 4.78 is 0. The molecule has 2 N–H and O–H groups in total. The van der Waals surface area contributed by atoms with E-state index in [1.165, 1.54) is 4.90 Å². The molecule has 0 fully saturated rings. The van der Waals surface area contributed by atoms with Crippen molar-refractivity contribution in [2.24, 2.45) is 5.41 Å². The van der Waals surface area contributed by atoms with E-state index in [0.717, 1.165) is 12.8 Å². The molecule has 1 aliphatic heterocycles. The molecule has 1 aliphatic rings. The van der Waals surface area contributed by atoms with Gasteiger partial charge in [-0.2, -0.15) is 5.26 Å². The number of nitrogens with two attached hydrogens (primary N) is 1. The highest BCUT2D eigenvalue weighted by molar-refractivity contribution is 6.23. The summed E-state index contributed by atoms with van der Waals surface area (Å²) in [6.07, 6.45) is 2.23. The maximum Gasteiger partial charge on any atom is 0.263 e. The van der Waals surface area contributed by atoms with Crippen molar-refractivity contribution in [2.45, 2.75) is 33.1 Å². The van der Waals surface area contributed by atoms with Gasteiger partial charge in [-0.05, 0) is 38.8 Å². The number of benzene rings is 1. The van der Waals surface area contributed by atoms with Crippen molar-refractivity contribution in [2.75, 3.05) is 12.3 Å². The molecular weight excluding hydrogens is 266 g/mol. The van der Waals surface area contributed by atoms with Gasteiger partial charge in [0.1, 0.15) is 0 Å². The van der Waals surface area contributed by atoms with Crippen LogP contribution >= 0.6 is 0 Å². The zero-order valence-electron chi connectivity index (χ0n) is 12.3. The lowest BCUT2D eigenvalue weighted by molar-refractivity contribution is 0.0651. The third-order valence-electron chi connectivity index (χ3n) is 3.77. The molecule has 2 amide bonds. The lowest BCUT2D eigenvalue weighted by atomic mass is 9.89. The fourth-order valence-corrected chi connectivity index (χ4v) is 2.46. The molecule has 0 saturated carbocycles. The number of hydrogen-bond acceptors (Lipinski definition) is 4. The SMILES string of the molecule is CC(C)(C#N)CCCCN1C(=O)c2cccc(N)c2C1=O. The number of nitrogen functional groups attached to an aromatic ring is 1. The monoisotopic (exact) mass is 285 g/mol. The average molecular weight is 285 g/mol. The fourth-order valence-electron chi connectivity index (χ4n) is 2.46. The molecule has 0 bridgehead atoms. The van der Waals surface area contributed by atoms with Gasteiger partial charge in [-0.25, -0.2) is 0 Å². The standard InChI is InChI=1S/C16H19N3O2/c1-16(2,10-17)8-3-4-9-19-14(20)11-6-5-7-12(18)13(11)15(19)21/h5-7H,3-4,8-9,18H2,1-2H3. The van der Waals surface area contributed by atoms with E-state index in [1.807, 2.05) is 13.8 Å². The third-order valence-corrected chi connectivity index (χ3v) is 3.77. The largest absolute Gasteiger partial charge is 0.398 e. The second-order valence-electron chi connectivity index (χ2n) is 5.98. The van der Waals surface area contributed by atoms with Crippen LogP contribution in [0.3, 0.4) is 0 Å². The Labute approximate surface area is 124 Å². The summed E-state index contributed by atoms with van der Waals surface area (Å²) in [5, 5.41) is 8.96. The molecule has 1 heterocycles. The molecule has 0 unspecified atom stereocenters. The second kappa shape index (κ2) is 5.57. The molecule has 0 aromatic heterocycles. The van der Waals surface area contributed by atoms with Gasteiger partial charge in [0, 0.05) is 12.2 Å². The Morgan fingerprint density at radius 3 is 2.57 bits per heavy atom. The van der Waals surface area contributed by atoms with E-state index in [-0.39, 0.29) is 17.2 Å².